The number of rotatable bonds is 6. The molecule has 130 valence electrons. The summed E-state index contributed by atoms with van der Waals surface area (Å²) in [7, 11) is 1.43. The number of phenols is 2. The Morgan fingerprint density at radius 1 is 1.36 bits per heavy atom. The Kier molecular flexibility index (Phi) is 5.61. The Balaban J connectivity index is 2.45. The molecule has 0 bridgehead atoms. The molecule has 25 heavy (non-hydrogen) atoms. The van der Waals surface area contributed by atoms with Crippen molar-refractivity contribution >= 4 is 29.2 Å². The Morgan fingerprint density at radius 2 is 2.08 bits per heavy atom. The van der Waals surface area contributed by atoms with Crippen molar-refractivity contribution in [2.45, 2.75) is 6.42 Å². The standard InChI is InChI=1S/C17H15ClN2O5/c1-3-4-10-5-11(17(22)16(6-10)25-2)9-19-13-7-12(18)14(20(23)24)8-15(13)21/h3,5-9,21-22H,1,4H2,2H3. The Labute approximate surface area is 148 Å². The minimum Gasteiger partial charge on any atom is -0.505 e. The van der Waals surface area contributed by atoms with Crippen LogP contribution in [0.5, 0.6) is 17.2 Å². The highest BCUT2D eigenvalue weighted by molar-refractivity contribution is 6.33. The molecule has 0 unspecified atom stereocenters. The van der Waals surface area contributed by atoms with Crippen molar-refractivity contribution in [3.63, 3.8) is 0 Å². The summed E-state index contributed by atoms with van der Waals surface area (Å²) in [5, 5.41) is 30.7. The van der Waals surface area contributed by atoms with Crippen LogP contribution in [0.15, 0.2) is 41.9 Å². The van der Waals surface area contributed by atoms with Crippen LogP contribution in [0, 0.1) is 10.1 Å². The average Bonchev–Trinajstić information content (AvgIpc) is 2.57. The maximum absolute atomic E-state index is 10.8. The van der Waals surface area contributed by atoms with Crippen molar-refractivity contribution in [2.24, 2.45) is 4.99 Å². The first-order valence-corrected chi connectivity index (χ1v) is 7.47. The van der Waals surface area contributed by atoms with Crippen LogP contribution in [0.1, 0.15) is 11.1 Å². The van der Waals surface area contributed by atoms with Crippen LogP contribution in [-0.4, -0.2) is 28.5 Å². The topological polar surface area (TPSA) is 105 Å². The number of aliphatic imine (C=N–C) groups is 1. The summed E-state index contributed by atoms with van der Waals surface area (Å²) in [6.45, 7) is 3.66. The molecule has 0 fully saturated rings. The summed E-state index contributed by atoms with van der Waals surface area (Å²) in [5.74, 6) is -0.251. The van der Waals surface area contributed by atoms with Crippen LogP contribution in [0.3, 0.4) is 0 Å². The van der Waals surface area contributed by atoms with E-state index in [9.17, 15) is 20.3 Å². The molecule has 0 saturated carbocycles. The number of nitro benzene ring substituents is 1. The molecule has 0 aliphatic heterocycles. The van der Waals surface area contributed by atoms with Crippen molar-refractivity contribution in [1.82, 2.24) is 0 Å². The Hall–Kier alpha value is -3.06. The molecule has 0 aliphatic carbocycles. The van der Waals surface area contributed by atoms with E-state index in [4.69, 9.17) is 16.3 Å². The van der Waals surface area contributed by atoms with Gasteiger partial charge in [0.2, 0.25) is 0 Å². The van der Waals surface area contributed by atoms with Crippen molar-refractivity contribution in [3.05, 3.63) is 63.2 Å². The molecular formula is C17H15ClN2O5. The fraction of sp³-hybridized carbons (Fsp3) is 0.118. The number of hydrogen-bond donors (Lipinski definition) is 2. The van der Waals surface area contributed by atoms with E-state index in [2.05, 4.69) is 11.6 Å². The van der Waals surface area contributed by atoms with E-state index in [0.29, 0.717) is 12.0 Å². The highest BCUT2D eigenvalue weighted by Gasteiger charge is 2.16. The lowest BCUT2D eigenvalue weighted by atomic mass is 10.1. The molecule has 0 spiro atoms. The number of hydrogen-bond acceptors (Lipinski definition) is 6. The van der Waals surface area contributed by atoms with Gasteiger partial charge in [-0.15, -0.1) is 6.58 Å². The minimum absolute atomic E-state index is 0.0306. The zero-order valence-electron chi connectivity index (χ0n) is 13.3. The monoisotopic (exact) mass is 362 g/mol. The van der Waals surface area contributed by atoms with Crippen LogP contribution in [0.25, 0.3) is 0 Å². The first-order valence-electron chi connectivity index (χ1n) is 7.09. The van der Waals surface area contributed by atoms with E-state index < -0.39 is 16.4 Å². The smallest absolute Gasteiger partial charge is 0.291 e. The van der Waals surface area contributed by atoms with Crippen LogP contribution in [0.2, 0.25) is 5.02 Å². The second kappa shape index (κ2) is 7.67. The number of allylic oxidation sites excluding steroid dienone is 1. The van der Waals surface area contributed by atoms with Gasteiger partial charge in [0.05, 0.1) is 18.1 Å². The zero-order valence-corrected chi connectivity index (χ0v) is 14.0. The average molecular weight is 363 g/mol. The fourth-order valence-corrected chi connectivity index (χ4v) is 2.38. The van der Waals surface area contributed by atoms with Crippen LogP contribution in [0.4, 0.5) is 11.4 Å². The molecule has 0 amide bonds. The number of phenolic OH excluding ortho intramolecular Hbond substituents is 2. The second-order valence-corrected chi connectivity index (χ2v) is 5.44. The van der Waals surface area contributed by atoms with Gasteiger partial charge in [0.1, 0.15) is 16.5 Å². The highest BCUT2D eigenvalue weighted by Crippen LogP contribution is 2.37. The van der Waals surface area contributed by atoms with Gasteiger partial charge in [0.15, 0.2) is 11.5 Å². The van der Waals surface area contributed by atoms with Crippen molar-refractivity contribution in [1.29, 1.82) is 0 Å². The molecule has 0 aromatic heterocycles. The first-order chi connectivity index (χ1) is 11.9. The number of nitro groups is 1. The molecule has 0 atom stereocenters. The first kappa shape index (κ1) is 18.3. The fourth-order valence-electron chi connectivity index (χ4n) is 2.15. The predicted molar refractivity (Wildman–Crippen MR) is 95.6 cm³/mol. The molecule has 2 N–H and O–H groups in total. The van der Waals surface area contributed by atoms with Crippen LogP contribution >= 0.6 is 11.6 Å². The predicted octanol–water partition coefficient (Wildman–Crippen LogP) is 4.15. The molecule has 0 heterocycles. The van der Waals surface area contributed by atoms with Crippen molar-refractivity contribution < 1.29 is 19.9 Å². The number of methoxy groups -OCH3 is 1. The maximum Gasteiger partial charge on any atom is 0.291 e. The zero-order chi connectivity index (χ0) is 18.6. The number of aromatic hydroxyl groups is 2. The van der Waals surface area contributed by atoms with Gasteiger partial charge in [-0.2, -0.15) is 0 Å². The lowest BCUT2D eigenvalue weighted by Gasteiger charge is -2.09. The van der Waals surface area contributed by atoms with E-state index >= 15 is 0 Å². The molecule has 0 aliphatic rings. The summed E-state index contributed by atoms with van der Waals surface area (Å²) in [6.07, 6.45) is 3.57. The van der Waals surface area contributed by atoms with Gasteiger partial charge in [-0.1, -0.05) is 17.7 Å². The lowest BCUT2D eigenvalue weighted by molar-refractivity contribution is -0.384. The van der Waals surface area contributed by atoms with Crippen LogP contribution < -0.4 is 4.74 Å². The third-order valence-corrected chi connectivity index (χ3v) is 3.65. The SMILES string of the molecule is C=CCc1cc(C=Nc2cc(Cl)c([N+](=O)[O-])cc2O)c(O)c(OC)c1. The number of nitrogens with zero attached hydrogens (tertiary/aromatic N) is 2. The van der Waals surface area contributed by atoms with Crippen molar-refractivity contribution in [2.75, 3.05) is 7.11 Å². The summed E-state index contributed by atoms with van der Waals surface area (Å²) in [4.78, 5) is 14.1. The molecule has 2 aromatic carbocycles. The number of halogens is 1. The third kappa shape index (κ3) is 4.07. The van der Waals surface area contributed by atoms with Crippen molar-refractivity contribution in [3.8, 4) is 17.2 Å². The molecular weight excluding hydrogens is 348 g/mol. The second-order valence-electron chi connectivity index (χ2n) is 5.04. The molecule has 0 saturated heterocycles. The molecule has 8 heteroatoms. The summed E-state index contributed by atoms with van der Waals surface area (Å²) < 4.78 is 5.12. The van der Waals surface area contributed by atoms with Gasteiger partial charge in [-0.3, -0.25) is 15.1 Å². The summed E-state index contributed by atoms with van der Waals surface area (Å²) >= 11 is 5.82. The van der Waals surface area contributed by atoms with Gasteiger partial charge < -0.3 is 14.9 Å². The number of ether oxygens (including phenoxy) is 1. The van der Waals surface area contributed by atoms with Gasteiger partial charge in [0.25, 0.3) is 5.69 Å². The highest BCUT2D eigenvalue weighted by atomic mass is 35.5. The van der Waals surface area contributed by atoms with E-state index in [1.165, 1.54) is 19.4 Å². The summed E-state index contributed by atoms with van der Waals surface area (Å²) in [6, 6.07) is 5.46. The summed E-state index contributed by atoms with van der Waals surface area (Å²) in [5.41, 5.74) is 0.806. The Bertz CT molecular complexity index is 865. The van der Waals surface area contributed by atoms with Gasteiger partial charge in [-0.25, -0.2) is 0 Å². The van der Waals surface area contributed by atoms with Gasteiger partial charge in [0, 0.05) is 11.8 Å². The van der Waals surface area contributed by atoms with Gasteiger partial charge in [-0.05, 0) is 30.2 Å². The van der Waals surface area contributed by atoms with E-state index in [-0.39, 0.29) is 22.2 Å². The molecule has 0 radical (unpaired) electrons. The largest absolute Gasteiger partial charge is 0.505 e. The lowest BCUT2D eigenvalue weighted by Crippen LogP contribution is -1.93. The van der Waals surface area contributed by atoms with Gasteiger partial charge >= 0.3 is 0 Å². The van der Waals surface area contributed by atoms with E-state index in [1.54, 1.807) is 18.2 Å². The molecule has 2 rings (SSSR count). The Morgan fingerprint density at radius 3 is 2.68 bits per heavy atom. The normalized spacial score (nSPS) is 10.8. The van der Waals surface area contributed by atoms with E-state index in [1.807, 2.05) is 0 Å². The third-order valence-electron chi connectivity index (χ3n) is 3.35. The van der Waals surface area contributed by atoms with E-state index in [0.717, 1.165) is 11.6 Å². The molecule has 7 nitrogen and oxygen atoms in total. The quantitative estimate of drug-likeness (QED) is 0.347. The maximum atomic E-state index is 10.8. The number of benzene rings is 2. The molecule has 2 aromatic rings. The minimum atomic E-state index is -0.703. The van der Waals surface area contributed by atoms with Crippen LogP contribution in [-0.2, 0) is 6.42 Å².